The minimum absolute atomic E-state index is 0.118. The molecule has 0 saturated heterocycles. The molecule has 0 heterocycles. The van der Waals surface area contributed by atoms with E-state index in [0.29, 0.717) is 0 Å². The Morgan fingerprint density at radius 3 is 1.67 bits per heavy atom. The maximum Gasteiger partial charge on any atom is 0.205 e. The summed E-state index contributed by atoms with van der Waals surface area (Å²) in [5.74, 6) is 0. The van der Waals surface area contributed by atoms with Gasteiger partial charge in [0.05, 0.1) is 0 Å². The summed E-state index contributed by atoms with van der Waals surface area (Å²) in [4.78, 5) is 18.2. The van der Waals surface area contributed by atoms with Crippen LogP contribution >= 0.6 is 0 Å². The molecule has 0 radical (unpaired) electrons. The third-order valence-corrected chi connectivity index (χ3v) is 0.208. The van der Waals surface area contributed by atoms with Gasteiger partial charge in [0.15, 0.2) is 0 Å². The Morgan fingerprint density at radius 2 is 1.67 bits per heavy atom. The van der Waals surface area contributed by atoms with Gasteiger partial charge in [0, 0.05) is 0 Å². The Hall–Kier alpha value is -0.900. The topological polar surface area (TPSA) is 60.4 Å². The fraction of sp³-hybridized carbons (Fsp3) is 0. The monoisotopic (exact) mass is 88.0 g/mol. The number of hydrogen-bond donors (Lipinski definition) is 0. The SMILES string of the molecule is O=CN([O-])C=O. The van der Waals surface area contributed by atoms with Gasteiger partial charge >= 0.3 is 0 Å². The van der Waals surface area contributed by atoms with Crippen LogP contribution in [-0.2, 0) is 9.59 Å². The lowest BCUT2D eigenvalue weighted by Gasteiger charge is -2.09. The van der Waals surface area contributed by atoms with Crippen molar-refractivity contribution in [1.29, 1.82) is 0 Å². The molecular formula is C2H2NO3-. The van der Waals surface area contributed by atoms with E-state index in [-0.39, 0.29) is 17.9 Å². The predicted octanol–water partition coefficient (Wildman–Crippen LogP) is -0.901. The van der Waals surface area contributed by atoms with Gasteiger partial charge < -0.3 is 10.3 Å². The Kier molecular flexibility index (Phi) is 1.99. The maximum atomic E-state index is 9.36. The summed E-state index contributed by atoms with van der Waals surface area (Å²) in [6.07, 6.45) is -0.236. The fourth-order valence-electron chi connectivity index (χ4n) is 0.0248. The number of amides is 2. The van der Waals surface area contributed by atoms with Crippen LogP contribution in [0, 0.1) is 5.21 Å². The van der Waals surface area contributed by atoms with Crippen molar-refractivity contribution in [1.82, 2.24) is 5.06 Å². The largest absolute Gasteiger partial charge is 0.750 e. The Balaban J connectivity index is 3.21. The van der Waals surface area contributed by atoms with Crippen LogP contribution in [0.4, 0.5) is 0 Å². The molecule has 6 heavy (non-hydrogen) atoms. The first-order valence-electron chi connectivity index (χ1n) is 1.17. The Bertz CT molecular complexity index is 53.8. The Labute approximate surface area is 33.9 Å². The second kappa shape index (κ2) is 2.34. The summed E-state index contributed by atoms with van der Waals surface area (Å²) in [6, 6.07) is 0. The first kappa shape index (κ1) is 5.10. The second-order valence-corrected chi connectivity index (χ2v) is 0.571. The van der Waals surface area contributed by atoms with Crippen molar-refractivity contribution in [3.05, 3.63) is 5.21 Å². The third-order valence-electron chi connectivity index (χ3n) is 0.208. The van der Waals surface area contributed by atoms with Crippen molar-refractivity contribution in [3.63, 3.8) is 0 Å². The van der Waals surface area contributed by atoms with Crippen LogP contribution in [0.1, 0.15) is 0 Å². The molecule has 4 nitrogen and oxygen atoms in total. The van der Waals surface area contributed by atoms with E-state index in [1.165, 1.54) is 0 Å². The normalized spacial score (nSPS) is 6.83. The number of hydroxylamine groups is 2. The van der Waals surface area contributed by atoms with E-state index in [4.69, 9.17) is 9.59 Å². The quantitative estimate of drug-likeness (QED) is 0.324. The highest BCUT2D eigenvalue weighted by atomic mass is 16.5. The number of nitrogens with zero attached hydrogens (tertiary/aromatic N) is 1. The summed E-state index contributed by atoms with van der Waals surface area (Å²) >= 11 is 0. The van der Waals surface area contributed by atoms with E-state index in [1.54, 1.807) is 0 Å². The van der Waals surface area contributed by atoms with Gasteiger partial charge in [-0.05, 0) is 0 Å². The fourth-order valence-corrected chi connectivity index (χ4v) is 0.0248. The molecule has 2 amide bonds. The van der Waals surface area contributed by atoms with Crippen molar-refractivity contribution in [2.75, 3.05) is 0 Å². The standard InChI is InChI=1S/C2H2NO3/c4-1-3(6)2-5/h1-2H/q-1. The van der Waals surface area contributed by atoms with Crippen LogP contribution in [0.5, 0.6) is 0 Å². The van der Waals surface area contributed by atoms with Gasteiger partial charge in [-0.3, -0.25) is 9.59 Å². The molecule has 4 heteroatoms. The smallest absolute Gasteiger partial charge is 0.205 e. The highest BCUT2D eigenvalue weighted by molar-refractivity contribution is 5.68. The van der Waals surface area contributed by atoms with Crippen LogP contribution in [0.2, 0.25) is 0 Å². The summed E-state index contributed by atoms with van der Waals surface area (Å²) in [7, 11) is 0. The third kappa shape index (κ3) is 1.42. The predicted molar refractivity (Wildman–Crippen MR) is 17.3 cm³/mol. The van der Waals surface area contributed by atoms with Crippen molar-refractivity contribution in [3.8, 4) is 0 Å². The number of hydrogen-bond acceptors (Lipinski definition) is 3. The molecule has 0 rings (SSSR count). The summed E-state index contributed by atoms with van der Waals surface area (Å²) in [6.45, 7) is 0. The minimum Gasteiger partial charge on any atom is -0.750 e. The molecule has 0 aromatic heterocycles. The van der Waals surface area contributed by atoms with Crippen LogP contribution < -0.4 is 0 Å². The first-order valence-corrected chi connectivity index (χ1v) is 1.17. The lowest BCUT2D eigenvalue weighted by Crippen LogP contribution is -2.08. The summed E-state index contributed by atoms with van der Waals surface area (Å²) < 4.78 is 0. The van der Waals surface area contributed by atoms with Crippen LogP contribution in [0.3, 0.4) is 0 Å². The maximum absolute atomic E-state index is 9.36. The number of carbonyl (C=O) groups excluding carboxylic acids is 2. The molecule has 0 aliphatic rings. The highest BCUT2D eigenvalue weighted by Crippen LogP contribution is 1.59. The zero-order chi connectivity index (χ0) is 4.99. The molecule has 34 valence electrons. The first-order chi connectivity index (χ1) is 2.81. The van der Waals surface area contributed by atoms with E-state index >= 15 is 0 Å². The molecule has 0 atom stereocenters. The summed E-state index contributed by atoms with van der Waals surface area (Å²) in [5.41, 5.74) is 0. The molecule has 0 aromatic carbocycles. The number of carbonyl (C=O) groups is 2. The second-order valence-electron chi connectivity index (χ2n) is 0.571. The van der Waals surface area contributed by atoms with Gasteiger partial charge in [-0.1, -0.05) is 0 Å². The van der Waals surface area contributed by atoms with Crippen LogP contribution in [0.25, 0.3) is 0 Å². The summed E-state index contributed by atoms with van der Waals surface area (Å²) in [5, 5.41) is 9.00. The number of rotatable bonds is 2. The zero-order valence-corrected chi connectivity index (χ0v) is 2.83. The van der Waals surface area contributed by atoms with E-state index < -0.39 is 0 Å². The molecule has 0 spiro atoms. The van der Waals surface area contributed by atoms with Gasteiger partial charge in [0.25, 0.3) is 0 Å². The molecule has 0 saturated carbocycles. The minimum atomic E-state index is -0.361. The zero-order valence-electron chi connectivity index (χ0n) is 2.83. The van der Waals surface area contributed by atoms with Crippen molar-refractivity contribution >= 4 is 12.8 Å². The van der Waals surface area contributed by atoms with Gasteiger partial charge in [-0.15, -0.1) is 0 Å². The lowest BCUT2D eigenvalue weighted by atomic mass is 11.2. The molecule has 0 aromatic rings. The van der Waals surface area contributed by atoms with Crippen molar-refractivity contribution < 1.29 is 9.59 Å². The van der Waals surface area contributed by atoms with Crippen molar-refractivity contribution in [2.24, 2.45) is 0 Å². The molecule has 0 aliphatic heterocycles. The van der Waals surface area contributed by atoms with E-state index in [0.717, 1.165) is 0 Å². The van der Waals surface area contributed by atoms with Crippen LogP contribution in [-0.4, -0.2) is 17.9 Å². The van der Waals surface area contributed by atoms with Crippen LogP contribution in [0.15, 0.2) is 0 Å². The van der Waals surface area contributed by atoms with E-state index in [1.807, 2.05) is 0 Å². The molecule has 0 fully saturated rings. The van der Waals surface area contributed by atoms with E-state index in [2.05, 4.69) is 0 Å². The van der Waals surface area contributed by atoms with Crippen molar-refractivity contribution in [2.45, 2.75) is 0 Å². The molecule has 0 aliphatic carbocycles. The van der Waals surface area contributed by atoms with Gasteiger partial charge in [-0.2, -0.15) is 0 Å². The molecule has 0 bridgehead atoms. The molecular weight excluding hydrogens is 86.0 g/mol. The lowest BCUT2D eigenvalue weighted by molar-refractivity contribution is -0.126. The average Bonchev–Trinajstić information content (AvgIpc) is 1.65. The Morgan fingerprint density at radius 1 is 1.33 bits per heavy atom. The molecule has 0 N–H and O–H groups in total. The van der Waals surface area contributed by atoms with Gasteiger partial charge in [0.2, 0.25) is 12.8 Å². The van der Waals surface area contributed by atoms with Gasteiger partial charge in [-0.25, -0.2) is 0 Å². The highest BCUT2D eigenvalue weighted by Gasteiger charge is 1.69. The number of imide groups is 1. The molecule has 0 unspecified atom stereocenters. The average molecular weight is 88.0 g/mol. The van der Waals surface area contributed by atoms with Gasteiger partial charge in [0.1, 0.15) is 0 Å². The van der Waals surface area contributed by atoms with E-state index in [9.17, 15) is 5.21 Å².